The molecule has 1 saturated heterocycles. The molecule has 0 aliphatic carbocycles. The van der Waals surface area contributed by atoms with E-state index in [4.69, 9.17) is 0 Å². The van der Waals surface area contributed by atoms with Crippen molar-refractivity contribution in [1.82, 2.24) is 24.8 Å². The number of hydrogen-bond acceptors (Lipinski definition) is 6. The molecule has 4 rings (SSSR count). The van der Waals surface area contributed by atoms with Crippen molar-refractivity contribution in [2.45, 2.75) is 32.9 Å². The van der Waals surface area contributed by atoms with Gasteiger partial charge in [0.05, 0.1) is 18.2 Å². The summed E-state index contributed by atoms with van der Waals surface area (Å²) in [6, 6.07) is 9.30. The van der Waals surface area contributed by atoms with Crippen molar-refractivity contribution in [2.24, 2.45) is 5.92 Å². The minimum Gasteiger partial charge on any atom is -0.351 e. The molecule has 1 fully saturated rings. The molecule has 0 spiro atoms. The average Bonchev–Trinajstić information content (AvgIpc) is 2.78. The fourth-order valence-corrected chi connectivity index (χ4v) is 3.77. The Hall–Kier alpha value is -3.29. The number of carbonyl (C=O) groups excluding carboxylic acids is 1. The Morgan fingerprint density at radius 1 is 1.21 bits per heavy atom. The van der Waals surface area contributed by atoms with E-state index in [1.165, 1.54) is 0 Å². The minimum absolute atomic E-state index is 0.0152. The monoisotopic (exact) mass is 392 g/mol. The van der Waals surface area contributed by atoms with Gasteiger partial charge in [-0.15, -0.1) is 0 Å². The highest BCUT2D eigenvalue weighted by atomic mass is 16.2. The van der Waals surface area contributed by atoms with Crippen LogP contribution in [-0.4, -0.2) is 38.5 Å². The van der Waals surface area contributed by atoms with Crippen LogP contribution < -0.4 is 15.8 Å². The molecule has 1 aliphatic rings. The fraction of sp³-hybridized carbons (Fsp3) is 0.381. The number of pyridine rings is 2. The lowest BCUT2D eigenvalue weighted by molar-refractivity contribution is -0.125. The third kappa shape index (κ3) is 3.96. The Morgan fingerprint density at radius 2 is 2.07 bits per heavy atom. The number of nitrogens with zero attached hydrogens (tertiary/aromatic N) is 5. The van der Waals surface area contributed by atoms with Crippen LogP contribution in [0.3, 0.4) is 0 Å². The van der Waals surface area contributed by atoms with E-state index < -0.39 is 0 Å². The van der Waals surface area contributed by atoms with Gasteiger partial charge in [0, 0.05) is 32.0 Å². The normalized spacial score (nSPS) is 16.7. The van der Waals surface area contributed by atoms with Gasteiger partial charge in [-0.1, -0.05) is 6.07 Å². The van der Waals surface area contributed by atoms with Crippen molar-refractivity contribution >= 4 is 22.9 Å². The fourth-order valence-electron chi connectivity index (χ4n) is 3.77. The van der Waals surface area contributed by atoms with Crippen LogP contribution in [0.15, 0.2) is 47.5 Å². The second kappa shape index (κ2) is 8.38. The first-order valence-electron chi connectivity index (χ1n) is 9.95. The molecule has 0 bridgehead atoms. The standard InChI is InChI=1S/C21H24N6O2/c1-2-27-18-17(9-5-11-23-18)25-19(21(27)29)26-12-6-7-15(14-26)20(28)24-13-16-8-3-4-10-22-16/h3-5,8-11,15H,2,6-7,12-14H2,1H3,(H,24,28). The third-order valence-corrected chi connectivity index (χ3v) is 5.26. The van der Waals surface area contributed by atoms with Gasteiger partial charge < -0.3 is 10.2 Å². The second-order valence-corrected chi connectivity index (χ2v) is 7.16. The maximum Gasteiger partial charge on any atom is 0.295 e. The summed E-state index contributed by atoms with van der Waals surface area (Å²) < 4.78 is 1.64. The zero-order valence-electron chi connectivity index (χ0n) is 16.4. The zero-order chi connectivity index (χ0) is 20.2. The third-order valence-electron chi connectivity index (χ3n) is 5.26. The number of amides is 1. The van der Waals surface area contributed by atoms with E-state index >= 15 is 0 Å². The molecule has 1 atom stereocenters. The molecule has 1 unspecified atom stereocenters. The minimum atomic E-state index is -0.187. The summed E-state index contributed by atoms with van der Waals surface area (Å²) >= 11 is 0. The van der Waals surface area contributed by atoms with Gasteiger partial charge in [0.25, 0.3) is 5.56 Å². The Kier molecular flexibility index (Phi) is 5.50. The van der Waals surface area contributed by atoms with Gasteiger partial charge in [-0.25, -0.2) is 9.97 Å². The number of piperidine rings is 1. The van der Waals surface area contributed by atoms with E-state index in [0.717, 1.165) is 18.5 Å². The Morgan fingerprint density at radius 3 is 2.86 bits per heavy atom. The Labute approximate surface area is 168 Å². The van der Waals surface area contributed by atoms with Crippen LogP contribution in [0.25, 0.3) is 11.2 Å². The van der Waals surface area contributed by atoms with Crippen molar-refractivity contribution < 1.29 is 4.79 Å². The largest absolute Gasteiger partial charge is 0.351 e. The molecule has 4 heterocycles. The van der Waals surface area contributed by atoms with Crippen LogP contribution in [0, 0.1) is 5.92 Å². The number of fused-ring (bicyclic) bond motifs is 1. The lowest BCUT2D eigenvalue weighted by Crippen LogP contribution is -2.45. The van der Waals surface area contributed by atoms with Crippen molar-refractivity contribution in [3.05, 3.63) is 58.8 Å². The number of nitrogens with one attached hydrogen (secondary N) is 1. The van der Waals surface area contributed by atoms with Crippen LogP contribution in [0.5, 0.6) is 0 Å². The predicted molar refractivity (Wildman–Crippen MR) is 110 cm³/mol. The van der Waals surface area contributed by atoms with Crippen LogP contribution in [0.4, 0.5) is 5.82 Å². The van der Waals surface area contributed by atoms with Gasteiger partial charge in [-0.3, -0.25) is 19.1 Å². The van der Waals surface area contributed by atoms with Crippen LogP contribution in [-0.2, 0) is 17.9 Å². The lowest BCUT2D eigenvalue weighted by atomic mass is 9.97. The molecule has 29 heavy (non-hydrogen) atoms. The van der Waals surface area contributed by atoms with Crippen LogP contribution in [0.1, 0.15) is 25.5 Å². The first kappa shape index (κ1) is 19.0. The Bertz CT molecular complexity index is 1070. The van der Waals surface area contributed by atoms with E-state index in [2.05, 4.69) is 20.3 Å². The van der Waals surface area contributed by atoms with Crippen molar-refractivity contribution in [1.29, 1.82) is 0 Å². The summed E-state index contributed by atoms with van der Waals surface area (Å²) in [6.07, 6.45) is 5.00. The van der Waals surface area contributed by atoms with Gasteiger partial charge in [-0.2, -0.15) is 0 Å². The molecule has 1 N–H and O–H groups in total. The SMILES string of the molecule is CCn1c(=O)c(N2CCCC(C(=O)NCc3ccccn3)C2)nc2cccnc21. The number of anilines is 1. The molecule has 3 aromatic rings. The van der Waals surface area contributed by atoms with Gasteiger partial charge >= 0.3 is 0 Å². The molecule has 3 aromatic heterocycles. The number of carbonyl (C=O) groups is 1. The highest BCUT2D eigenvalue weighted by Crippen LogP contribution is 2.21. The topological polar surface area (TPSA) is 93.0 Å². The van der Waals surface area contributed by atoms with E-state index in [1.807, 2.05) is 42.2 Å². The van der Waals surface area contributed by atoms with E-state index in [1.54, 1.807) is 17.0 Å². The molecule has 1 aliphatic heterocycles. The summed E-state index contributed by atoms with van der Waals surface area (Å²) in [5.74, 6) is 0.196. The molecule has 8 nitrogen and oxygen atoms in total. The quantitative estimate of drug-likeness (QED) is 0.711. The van der Waals surface area contributed by atoms with Crippen molar-refractivity contribution in [3.8, 4) is 0 Å². The lowest BCUT2D eigenvalue weighted by Gasteiger charge is -2.32. The zero-order valence-corrected chi connectivity index (χ0v) is 16.4. The van der Waals surface area contributed by atoms with Gasteiger partial charge in [0.2, 0.25) is 5.91 Å². The molecule has 0 saturated carbocycles. The first-order chi connectivity index (χ1) is 14.2. The summed E-state index contributed by atoms with van der Waals surface area (Å²) in [6.45, 7) is 4.03. The summed E-state index contributed by atoms with van der Waals surface area (Å²) in [4.78, 5) is 40.8. The van der Waals surface area contributed by atoms with Crippen LogP contribution >= 0.6 is 0 Å². The molecule has 0 aromatic carbocycles. The number of aryl methyl sites for hydroxylation is 1. The van der Waals surface area contributed by atoms with Crippen molar-refractivity contribution in [3.63, 3.8) is 0 Å². The Balaban J connectivity index is 1.53. The summed E-state index contributed by atoms with van der Waals surface area (Å²) in [7, 11) is 0. The second-order valence-electron chi connectivity index (χ2n) is 7.16. The number of rotatable bonds is 5. The summed E-state index contributed by atoms with van der Waals surface area (Å²) in [5.41, 5.74) is 1.94. The highest BCUT2D eigenvalue weighted by molar-refractivity contribution is 5.79. The van der Waals surface area contributed by atoms with E-state index in [-0.39, 0.29) is 17.4 Å². The number of aromatic nitrogens is 4. The predicted octanol–water partition coefficient (Wildman–Crippen LogP) is 1.74. The average molecular weight is 392 g/mol. The summed E-state index contributed by atoms with van der Waals surface area (Å²) in [5, 5.41) is 2.97. The molecule has 1 amide bonds. The highest BCUT2D eigenvalue weighted by Gasteiger charge is 2.28. The van der Waals surface area contributed by atoms with E-state index in [9.17, 15) is 9.59 Å². The van der Waals surface area contributed by atoms with Gasteiger partial charge in [-0.05, 0) is 44.0 Å². The van der Waals surface area contributed by atoms with Gasteiger partial charge in [0.1, 0.15) is 5.52 Å². The van der Waals surface area contributed by atoms with E-state index in [0.29, 0.717) is 43.2 Å². The molecular formula is C21H24N6O2. The first-order valence-corrected chi connectivity index (χ1v) is 9.95. The van der Waals surface area contributed by atoms with Crippen LogP contribution in [0.2, 0.25) is 0 Å². The smallest absolute Gasteiger partial charge is 0.295 e. The molecule has 8 heteroatoms. The maximum atomic E-state index is 13.0. The molecular weight excluding hydrogens is 368 g/mol. The van der Waals surface area contributed by atoms with Gasteiger partial charge in [0.15, 0.2) is 11.5 Å². The maximum absolute atomic E-state index is 13.0. The van der Waals surface area contributed by atoms with Crippen molar-refractivity contribution in [2.75, 3.05) is 18.0 Å². The number of hydrogen-bond donors (Lipinski definition) is 1. The molecule has 150 valence electrons. The molecule has 0 radical (unpaired) electrons.